The van der Waals surface area contributed by atoms with Crippen molar-refractivity contribution in [3.05, 3.63) is 57.6 Å². The third-order valence-corrected chi connectivity index (χ3v) is 8.14. The van der Waals surface area contributed by atoms with Gasteiger partial charge >= 0.3 is 5.97 Å². The van der Waals surface area contributed by atoms with E-state index >= 15 is 0 Å². The van der Waals surface area contributed by atoms with Gasteiger partial charge in [0.25, 0.3) is 0 Å². The normalized spacial score (nSPS) is 20.0. The van der Waals surface area contributed by atoms with Gasteiger partial charge in [-0.1, -0.05) is 17.7 Å². The van der Waals surface area contributed by atoms with Crippen molar-refractivity contribution in [2.24, 2.45) is 0 Å². The van der Waals surface area contributed by atoms with E-state index in [0.717, 1.165) is 18.5 Å². The fourth-order valence-electron chi connectivity index (χ4n) is 4.19. The molecule has 3 aromatic rings. The van der Waals surface area contributed by atoms with Crippen molar-refractivity contribution in [1.29, 1.82) is 0 Å². The van der Waals surface area contributed by atoms with Gasteiger partial charge in [0, 0.05) is 17.2 Å². The number of carbonyl (C=O) groups is 1. The number of carbonyl (C=O) groups excluding carboxylic acids is 1. The van der Waals surface area contributed by atoms with Crippen LogP contribution in [-0.2, 0) is 21.2 Å². The van der Waals surface area contributed by atoms with Gasteiger partial charge in [-0.25, -0.2) is 27.3 Å². The molecule has 1 unspecified atom stereocenters. The molecule has 1 aromatic carbocycles. The molecule has 1 saturated carbocycles. The van der Waals surface area contributed by atoms with Crippen LogP contribution in [0.15, 0.2) is 24.3 Å². The highest BCUT2D eigenvalue weighted by Crippen LogP contribution is 2.41. The Morgan fingerprint density at radius 2 is 2.09 bits per heavy atom. The molecule has 0 spiro atoms. The number of ether oxygens (including phenoxy) is 1. The van der Waals surface area contributed by atoms with Crippen molar-refractivity contribution in [3.8, 4) is 0 Å². The molecule has 1 atom stereocenters. The average Bonchev–Trinajstić information content (AvgIpc) is 3.46. The molecule has 0 N–H and O–H groups in total. The second kappa shape index (κ2) is 7.81. The van der Waals surface area contributed by atoms with Crippen LogP contribution in [0.2, 0.25) is 5.02 Å². The molecule has 2 aliphatic rings. The van der Waals surface area contributed by atoms with E-state index < -0.39 is 21.6 Å². The minimum absolute atomic E-state index is 0.00409. The predicted octanol–water partition coefficient (Wildman–Crippen LogP) is 4.13. The standard InChI is InChI=1S/C22H21ClFN3O4S/c1-12-20-15(22(28)31-10-16-17(23)3-2-4-18(16)24)9-19(13-5-6-13)25-21(20)27(26-12)14-7-8-32(29,30)11-14/h2-4,9,13-14H,5-8,10-11H2,1H3. The molecule has 0 radical (unpaired) electrons. The first-order chi connectivity index (χ1) is 15.2. The maximum absolute atomic E-state index is 14.1. The van der Waals surface area contributed by atoms with Gasteiger partial charge in [-0.2, -0.15) is 5.10 Å². The summed E-state index contributed by atoms with van der Waals surface area (Å²) in [5.74, 6) is -0.804. The summed E-state index contributed by atoms with van der Waals surface area (Å²) in [5, 5.41) is 5.26. The Morgan fingerprint density at radius 3 is 2.75 bits per heavy atom. The second-order valence-corrected chi connectivity index (χ2v) is 11.1. The summed E-state index contributed by atoms with van der Waals surface area (Å²) in [7, 11) is -3.12. The largest absolute Gasteiger partial charge is 0.457 e. The monoisotopic (exact) mass is 477 g/mol. The van der Waals surface area contributed by atoms with Gasteiger partial charge in [-0.05, 0) is 44.4 Å². The number of nitrogens with zero attached hydrogens (tertiary/aromatic N) is 3. The number of pyridine rings is 1. The molecule has 0 bridgehead atoms. The molecule has 168 valence electrons. The molecule has 32 heavy (non-hydrogen) atoms. The van der Waals surface area contributed by atoms with E-state index in [-0.39, 0.29) is 40.7 Å². The minimum Gasteiger partial charge on any atom is -0.457 e. The number of aryl methyl sites for hydroxylation is 1. The molecule has 2 aromatic heterocycles. The Bertz CT molecular complexity index is 1330. The Kier molecular flexibility index (Phi) is 5.21. The summed E-state index contributed by atoms with van der Waals surface area (Å²) in [6.45, 7) is 1.45. The highest BCUT2D eigenvalue weighted by molar-refractivity contribution is 7.91. The fraction of sp³-hybridized carbons (Fsp3) is 0.409. The van der Waals surface area contributed by atoms with Crippen LogP contribution < -0.4 is 0 Å². The number of rotatable bonds is 5. The third kappa shape index (κ3) is 3.88. The van der Waals surface area contributed by atoms with Crippen molar-refractivity contribution in [3.63, 3.8) is 0 Å². The molecule has 10 heteroatoms. The van der Waals surface area contributed by atoms with E-state index in [1.807, 2.05) is 0 Å². The zero-order valence-electron chi connectivity index (χ0n) is 17.3. The maximum atomic E-state index is 14.1. The average molecular weight is 478 g/mol. The molecule has 2 fully saturated rings. The first-order valence-electron chi connectivity index (χ1n) is 10.4. The van der Waals surface area contributed by atoms with Crippen molar-refractivity contribution in [2.45, 2.75) is 44.8 Å². The van der Waals surface area contributed by atoms with Crippen LogP contribution in [0.25, 0.3) is 11.0 Å². The van der Waals surface area contributed by atoms with E-state index in [9.17, 15) is 17.6 Å². The number of hydrogen-bond donors (Lipinski definition) is 0. The number of fused-ring (bicyclic) bond motifs is 1. The van der Waals surface area contributed by atoms with Crippen LogP contribution >= 0.6 is 11.6 Å². The summed E-state index contributed by atoms with van der Waals surface area (Å²) >= 11 is 6.05. The van der Waals surface area contributed by atoms with Crippen LogP contribution in [0.1, 0.15) is 58.5 Å². The Hall–Kier alpha value is -2.52. The molecule has 5 rings (SSSR count). The van der Waals surface area contributed by atoms with Crippen LogP contribution in [0.5, 0.6) is 0 Å². The van der Waals surface area contributed by atoms with Gasteiger partial charge in [-0.15, -0.1) is 0 Å². The number of halogens is 2. The van der Waals surface area contributed by atoms with Gasteiger partial charge in [0.15, 0.2) is 15.5 Å². The lowest BCUT2D eigenvalue weighted by Crippen LogP contribution is -2.14. The van der Waals surface area contributed by atoms with Crippen LogP contribution in [0, 0.1) is 12.7 Å². The fourth-order valence-corrected chi connectivity index (χ4v) is 6.10. The summed E-state index contributed by atoms with van der Waals surface area (Å²) in [4.78, 5) is 17.8. The van der Waals surface area contributed by atoms with Gasteiger partial charge in [0.05, 0.1) is 39.2 Å². The van der Waals surface area contributed by atoms with Crippen LogP contribution in [0.3, 0.4) is 0 Å². The highest BCUT2D eigenvalue weighted by Gasteiger charge is 2.34. The number of esters is 1. The SMILES string of the molecule is Cc1nn(C2CCS(=O)(=O)C2)c2nc(C3CC3)cc(C(=O)OCc3c(F)cccc3Cl)c12. The minimum atomic E-state index is -3.12. The number of hydrogen-bond acceptors (Lipinski definition) is 6. The quantitative estimate of drug-likeness (QED) is 0.513. The Labute approximate surface area is 189 Å². The third-order valence-electron chi connectivity index (χ3n) is 6.04. The topological polar surface area (TPSA) is 91.1 Å². The molecule has 0 amide bonds. The Balaban J connectivity index is 1.54. The lowest BCUT2D eigenvalue weighted by Gasteiger charge is -2.12. The molecular weight excluding hydrogens is 457 g/mol. The Morgan fingerprint density at radius 1 is 1.31 bits per heavy atom. The zero-order chi connectivity index (χ0) is 22.6. The molecule has 1 aliphatic heterocycles. The predicted molar refractivity (Wildman–Crippen MR) is 117 cm³/mol. The number of aromatic nitrogens is 3. The molecular formula is C22H21ClFN3O4S. The van der Waals surface area contributed by atoms with Crippen molar-refractivity contribution in [1.82, 2.24) is 14.8 Å². The smallest absolute Gasteiger partial charge is 0.339 e. The lowest BCUT2D eigenvalue weighted by molar-refractivity contribution is 0.0471. The van der Waals surface area contributed by atoms with E-state index in [0.29, 0.717) is 28.7 Å². The van der Waals surface area contributed by atoms with E-state index in [1.165, 1.54) is 18.2 Å². The molecule has 7 nitrogen and oxygen atoms in total. The summed E-state index contributed by atoms with van der Waals surface area (Å²) in [6, 6.07) is 5.68. The van der Waals surface area contributed by atoms with Gasteiger partial charge in [-0.3, -0.25) is 0 Å². The number of benzene rings is 1. The van der Waals surface area contributed by atoms with E-state index in [2.05, 4.69) is 5.10 Å². The van der Waals surface area contributed by atoms with E-state index in [4.69, 9.17) is 21.3 Å². The van der Waals surface area contributed by atoms with Crippen LogP contribution in [-0.4, -0.2) is 40.7 Å². The highest BCUT2D eigenvalue weighted by atomic mass is 35.5. The van der Waals surface area contributed by atoms with Gasteiger partial charge < -0.3 is 4.74 Å². The molecule has 1 aliphatic carbocycles. The summed E-state index contributed by atoms with van der Waals surface area (Å²) < 4.78 is 45.2. The van der Waals surface area contributed by atoms with Crippen LogP contribution in [0.4, 0.5) is 4.39 Å². The van der Waals surface area contributed by atoms with Crippen molar-refractivity contribution >= 4 is 38.4 Å². The maximum Gasteiger partial charge on any atom is 0.339 e. The van der Waals surface area contributed by atoms with Crippen molar-refractivity contribution in [2.75, 3.05) is 11.5 Å². The van der Waals surface area contributed by atoms with Gasteiger partial charge in [0.2, 0.25) is 0 Å². The molecule has 1 saturated heterocycles. The lowest BCUT2D eigenvalue weighted by atomic mass is 10.1. The first-order valence-corrected chi connectivity index (χ1v) is 12.6. The second-order valence-electron chi connectivity index (χ2n) is 8.43. The summed E-state index contributed by atoms with van der Waals surface area (Å²) in [5.41, 5.74) is 2.23. The van der Waals surface area contributed by atoms with Gasteiger partial charge in [0.1, 0.15) is 12.4 Å². The van der Waals surface area contributed by atoms with Crippen molar-refractivity contribution < 1.29 is 22.3 Å². The number of sulfone groups is 1. The van der Waals surface area contributed by atoms with E-state index in [1.54, 1.807) is 17.7 Å². The first kappa shape index (κ1) is 21.3. The zero-order valence-corrected chi connectivity index (χ0v) is 18.9. The molecule has 3 heterocycles. The summed E-state index contributed by atoms with van der Waals surface area (Å²) in [6.07, 6.45) is 2.41.